The van der Waals surface area contributed by atoms with E-state index in [9.17, 15) is 9.59 Å². The van der Waals surface area contributed by atoms with Crippen molar-refractivity contribution in [2.24, 2.45) is 0 Å². The zero-order valence-corrected chi connectivity index (χ0v) is 20.8. The molecule has 0 saturated heterocycles. The third-order valence-electron chi connectivity index (χ3n) is 5.56. The number of ether oxygens (including phenoxy) is 1. The Kier molecular flexibility index (Phi) is 7.66. The zero-order valence-electron chi connectivity index (χ0n) is 19.8. The smallest absolute Gasteiger partial charge is 0.251 e. The molecule has 0 bridgehead atoms. The fourth-order valence-corrected chi connectivity index (χ4v) is 4.71. The first-order valence-electron chi connectivity index (χ1n) is 10.9. The van der Waals surface area contributed by atoms with E-state index in [1.54, 1.807) is 44.8 Å². The number of nitrogens with one attached hydrogen (secondary N) is 1. The molecule has 2 amide bonds. The Morgan fingerprint density at radius 1 is 1.03 bits per heavy atom. The highest BCUT2D eigenvalue weighted by Crippen LogP contribution is 2.25. The van der Waals surface area contributed by atoms with Gasteiger partial charge < -0.3 is 15.0 Å². The van der Waals surface area contributed by atoms with Crippen LogP contribution in [0.15, 0.2) is 73.1 Å². The first-order valence-corrected chi connectivity index (χ1v) is 14.4. The van der Waals surface area contributed by atoms with E-state index in [-0.39, 0.29) is 18.2 Å². The van der Waals surface area contributed by atoms with E-state index in [2.05, 4.69) is 42.1 Å². The number of hydrogen-bond donors (Lipinski definition) is 1. The third-order valence-corrected chi connectivity index (χ3v) is 7.62. The van der Waals surface area contributed by atoms with Gasteiger partial charge in [-0.15, -0.1) is 0 Å². The largest absolute Gasteiger partial charge is 0.497 e. The van der Waals surface area contributed by atoms with Gasteiger partial charge in [-0.05, 0) is 41.5 Å². The van der Waals surface area contributed by atoms with Crippen LogP contribution in [0.25, 0.3) is 0 Å². The Morgan fingerprint density at radius 2 is 1.70 bits per heavy atom. The fourth-order valence-electron chi connectivity index (χ4n) is 3.55. The number of carbonyl (C=O) groups excluding carboxylic acids is 2. The highest BCUT2D eigenvalue weighted by Gasteiger charge is 2.29. The molecule has 1 aromatic heterocycles. The van der Waals surface area contributed by atoms with Crippen molar-refractivity contribution in [3.63, 3.8) is 0 Å². The van der Waals surface area contributed by atoms with Crippen molar-refractivity contribution in [3.05, 3.63) is 84.2 Å². The zero-order chi connectivity index (χ0) is 24.0. The van der Waals surface area contributed by atoms with Gasteiger partial charge in [0.05, 0.1) is 21.6 Å². The number of carbonyl (C=O) groups is 2. The molecule has 172 valence electrons. The number of methoxy groups -OCH3 is 1. The topological polar surface area (TPSA) is 71.5 Å². The van der Waals surface area contributed by atoms with E-state index < -0.39 is 14.1 Å². The summed E-state index contributed by atoms with van der Waals surface area (Å²) in [6, 6.07) is 18.0. The molecule has 0 spiro atoms. The minimum atomic E-state index is -1.43. The highest BCUT2D eigenvalue weighted by atomic mass is 28.3. The number of anilines is 1. The van der Waals surface area contributed by atoms with Gasteiger partial charge in [0, 0.05) is 25.1 Å². The predicted molar refractivity (Wildman–Crippen MR) is 134 cm³/mol. The molecule has 6 nitrogen and oxygen atoms in total. The van der Waals surface area contributed by atoms with Crippen LogP contribution >= 0.6 is 0 Å². The monoisotopic (exact) mass is 461 g/mol. The normalized spacial score (nSPS) is 12.0. The molecular formula is C26H31N3O3Si. The van der Waals surface area contributed by atoms with Gasteiger partial charge >= 0.3 is 0 Å². The fraction of sp³-hybridized carbons (Fsp3) is 0.269. The first kappa shape index (κ1) is 24.2. The molecule has 1 heterocycles. The van der Waals surface area contributed by atoms with Gasteiger partial charge in [-0.3, -0.25) is 14.6 Å². The molecule has 0 aliphatic carbocycles. The van der Waals surface area contributed by atoms with Crippen LogP contribution in [-0.2, 0) is 16.0 Å². The molecule has 1 atom stereocenters. The second kappa shape index (κ2) is 10.4. The molecule has 0 aliphatic heterocycles. The Hall–Kier alpha value is -3.45. The summed E-state index contributed by atoms with van der Waals surface area (Å²) in [5.74, 6) is 0.236. The summed E-state index contributed by atoms with van der Waals surface area (Å²) < 4.78 is 5.25. The average Bonchev–Trinajstić information content (AvgIpc) is 2.80. The van der Waals surface area contributed by atoms with Gasteiger partial charge in [-0.1, -0.05) is 55.2 Å². The number of benzene rings is 2. The van der Waals surface area contributed by atoms with Gasteiger partial charge in [0.25, 0.3) is 5.91 Å². The quantitative estimate of drug-likeness (QED) is 0.515. The van der Waals surface area contributed by atoms with Crippen LogP contribution in [-0.4, -0.2) is 43.9 Å². The van der Waals surface area contributed by atoms with Crippen LogP contribution in [0, 0.1) is 0 Å². The van der Waals surface area contributed by atoms with Crippen molar-refractivity contribution in [1.29, 1.82) is 0 Å². The molecule has 2 aromatic carbocycles. The molecule has 7 heteroatoms. The SMILES string of the molecule is COc1ccc(C(C(=O)Nc2ccc([Si](C)(C)C)cc2)N(C)C(=O)Cc2cccnc2)cc1. The van der Waals surface area contributed by atoms with Crippen LogP contribution in [0.1, 0.15) is 17.2 Å². The molecule has 0 saturated carbocycles. The summed E-state index contributed by atoms with van der Waals surface area (Å²) >= 11 is 0. The highest BCUT2D eigenvalue weighted by molar-refractivity contribution is 6.88. The summed E-state index contributed by atoms with van der Waals surface area (Å²) in [7, 11) is 1.81. The molecule has 3 rings (SSSR count). The van der Waals surface area contributed by atoms with E-state index in [0.717, 1.165) is 5.56 Å². The molecule has 0 aliphatic rings. The molecule has 0 radical (unpaired) electrons. The number of hydrogen-bond acceptors (Lipinski definition) is 4. The van der Waals surface area contributed by atoms with Crippen molar-refractivity contribution < 1.29 is 14.3 Å². The van der Waals surface area contributed by atoms with Crippen LogP contribution in [0.3, 0.4) is 0 Å². The summed E-state index contributed by atoms with van der Waals surface area (Å²) in [5, 5.41) is 4.30. The second-order valence-electron chi connectivity index (χ2n) is 9.03. The first-order chi connectivity index (χ1) is 15.7. The van der Waals surface area contributed by atoms with Crippen LogP contribution in [0.5, 0.6) is 5.75 Å². The van der Waals surface area contributed by atoms with Gasteiger partial charge in [-0.2, -0.15) is 0 Å². The van der Waals surface area contributed by atoms with Gasteiger partial charge in [0.15, 0.2) is 0 Å². The number of likely N-dealkylation sites (N-methyl/N-ethyl adjacent to an activating group) is 1. The molecule has 0 fully saturated rings. The lowest BCUT2D eigenvalue weighted by Gasteiger charge is -2.28. The standard InChI is InChI=1S/C26H31N3O3Si/c1-29(24(30)17-19-7-6-16-27-18-19)25(20-8-12-22(32-2)13-9-20)26(31)28-21-10-14-23(15-11-21)33(3,4)5/h6-16,18,25H,17H2,1-5H3,(H,28,31). The number of pyridine rings is 1. The van der Waals surface area contributed by atoms with Gasteiger partial charge in [-0.25, -0.2) is 0 Å². The van der Waals surface area contributed by atoms with E-state index in [0.29, 0.717) is 17.0 Å². The Labute approximate surface area is 196 Å². The van der Waals surface area contributed by atoms with Crippen molar-refractivity contribution in [2.75, 3.05) is 19.5 Å². The lowest BCUT2D eigenvalue weighted by molar-refractivity contribution is -0.136. The van der Waals surface area contributed by atoms with E-state index in [1.165, 1.54) is 10.1 Å². The van der Waals surface area contributed by atoms with E-state index >= 15 is 0 Å². The maximum absolute atomic E-state index is 13.4. The minimum absolute atomic E-state index is 0.162. The summed E-state index contributed by atoms with van der Waals surface area (Å²) in [6.07, 6.45) is 3.49. The van der Waals surface area contributed by atoms with E-state index in [1.807, 2.05) is 30.3 Å². The Balaban J connectivity index is 1.85. The molecule has 1 unspecified atom stereocenters. The van der Waals surface area contributed by atoms with Crippen LogP contribution < -0.4 is 15.2 Å². The Bertz CT molecular complexity index is 1080. The van der Waals surface area contributed by atoms with Crippen molar-refractivity contribution in [1.82, 2.24) is 9.88 Å². The lowest BCUT2D eigenvalue weighted by Crippen LogP contribution is -2.39. The number of nitrogens with zero attached hydrogens (tertiary/aromatic N) is 2. The molecule has 1 N–H and O–H groups in total. The summed E-state index contributed by atoms with van der Waals surface area (Å²) in [4.78, 5) is 32.0. The number of rotatable bonds is 8. The molecular weight excluding hydrogens is 430 g/mol. The van der Waals surface area contributed by atoms with Gasteiger partial charge in [0.1, 0.15) is 11.8 Å². The maximum atomic E-state index is 13.4. The summed E-state index contributed by atoms with van der Waals surface area (Å²) in [6.45, 7) is 6.84. The summed E-state index contributed by atoms with van der Waals surface area (Å²) in [5.41, 5.74) is 2.20. The van der Waals surface area contributed by atoms with Crippen molar-refractivity contribution in [3.8, 4) is 5.75 Å². The molecule has 33 heavy (non-hydrogen) atoms. The van der Waals surface area contributed by atoms with Crippen molar-refractivity contribution in [2.45, 2.75) is 32.1 Å². The van der Waals surface area contributed by atoms with Crippen LogP contribution in [0.2, 0.25) is 19.6 Å². The minimum Gasteiger partial charge on any atom is -0.497 e. The van der Waals surface area contributed by atoms with Crippen molar-refractivity contribution >= 4 is 30.8 Å². The predicted octanol–water partition coefficient (Wildman–Crippen LogP) is 4.02. The van der Waals surface area contributed by atoms with Gasteiger partial charge in [0.2, 0.25) is 5.91 Å². The second-order valence-corrected chi connectivity index (χ2v) is 14.1. The number of aromatic nitrogens is 1. The average molecular weight is 462 g/mol. The van der Waals surface area contributed by atoms with Crippen LogP contribution in [0.4, 0.5) is 5.69 Å². The molecule has 3 aromatic rings. The van der Waals surface area contributed by atoms with E-state index in [4.69, 9.17) is 4.74 Å². The Morgan fingerprint density at radius 3 is 2.24 bits per heavy atom. The number of amides is 2. The lowest BCUT2D eigenvalue weighted by atomic mass is 10.0. The third kappa shape index (κ3) is 6.29. The maximum Gasteiger partial charge on any atom is 0.251 e.